The Balaban J connectivity index is 0.000000138. The lowest BCUT2D eigenvalue weighted by atomic mass is 10.1. The zero-order valence-electron chi connectivity index (χ0n) is 46.1. The van der Waals surface area contributed by atoms with Gasteiger partial charge in [-0.05, 0) is 77.5 Å². The second-order valence-electron chi connectivity index (χ2n) is 21.4. The maximum absolute atomic E-state index is 6.44. The van der Waals surface area contributed by atoms with Gasteiger partial charge in [-0.3, -0.25) is 9.13 Å². The van der Waals surface area contributed by atoms with Crippen molar-refractivity contribution >= 4 is 98.1 Å². The Labute approximate surface area is 491 Å². The number of benzene rings is 12. The molecule has 0 unspecified atom stereocenters. The smallest absolute Gasteiger partial charge is 0.238 e. The van der Waals surface area contributed by atoms with Crippen molar-refractivity contribution in [3.63, 3.8) is 0 Å². The predicted molar refractivity (Wildman–Crippen MR) is 349 cm³/mol. The first-order chi connectivity index (χ1) is 42.6. The van der Waals surface area contributed by atoms with Gasteiger partial charge in [-0.25, -0.2) is 9.97 Å². The van der Waals surface area contributed by atoms with Gasteiger partial charge in [0.15, 0.2) is 23.3 Å². The van der Waals surface area contributed by atoms with Crippen LogP contribution in [0.5, 0.6) is 0 Å². The molecule has 0 saturated heterocycles. The minimum Gasteiger partial charge on any atom is -0.455 e. The van der Waals surface area contributed by atoms with Crippen LogP contribution in [-0.4, -0.2) is 43.6 Å². The lowest BCUT2D eigenvalue weighted by molar-refractivity contribution is 0.673. The van der Waals surface area contributed by atoms with Gasteiger partial charge in [0, 0.05) is 65.6 Å². The third-order valence-electron chi connectivity index (χ3n) is 16.4. The molecule has 86 heavy (non-hydrogen) atoms. The zero-order valence-corrected chi connectivity index (χ0v) is 46.1. The van der Waals surface area contributed by atoms with E-state index in [4.69, 9.17) is 34.3 Å². The van der Waals surface area contributed by atoms with Gasteiger partial charge < -0.3 is 8.98 Å². The number of furan rings is 1. The molecule has 10 heteroatoms. The predicted octanol–water partition coefficient (Wildman–Crippen LogP) is 18.8. The number of fused-ring (bicyclic) bond motifs is 14. The molecule has 0 saturated carbocycles. The molecule has 18 aromatic rings. The molecule has 0 radical (unpaired) electrons. The van der Waals surface area contributed by atoms with Gasteiger partial charge in [-0.2, -0.15) is 19.9 Å². The van der Waals surface area contributed by atoms with Gasteiger partial charge in [0.25, 0.3) is 0 Å². The number of nitrogens with zero attached hydrogens (tertiary/aromatic N) is 9. The number of rotatable bonds is 7. The molecule has 0 fully saturated rings. The van der Waals surface area contributed by atoms with Crippen LogP contribution in [0.1, 0.15) is 0 Å². The summed E-state index contributed by atoms with van der Waals surface area (Å²) in [5, 5.41) is 11.4. The number of aromatic nitrogens is 9. The second-order valence-corrected chi connectivity index (χ2v) is 21.4. The van der Waals surface area contributed by atoms with Crippen LogP contribution < -0.4 is 0 Å². The highest BCUT2D eigenvalue weighted by atomic mass is 16.3. The van der Waals surface area contributed by atoms with Crippen LogP contribution in [-0.2, 0) is 0 Å². The van der Waals surface area contributed by atoms with Crippen LogP contribution in [0.15, 0.2) is 290 Å². The monoisotopic (exact) mass is 1100 g/mol. The van der Waals surface area contributed by atoms with E-state index < -0.39 is 0 Å². The molecular formula is C76H47N9O. The minimum atomic E-state index is 0.569. The van der Waals surface area contributed by atoms with Crippen molar-refractivity contribution < 1.29 is 4.42 Å². The average molecular weight is 1100 g/mol. The Kier molecular flexibility index (Phi) is 11.3. The highest BCUT2D eigenvalue weighted by Gasteiger charge is 2.24. The van der Waals surface area contributed by atoms with Crippen LogP contribution in [0.3, 0.4) is 0 Å². The maximum atomic E-state index is 6.44. The summed E-state index contributed by atoms with van der Waals surface area (Å²) in [5.74, 6) is 3.69. The summed E-state index contributed by atoms with van der Waals surface area (Å²) < 4.78 is 13.2. The van der Waals surface area contributed by atoms with Gasteiger partial charge in [0.2, 0.25) is 11.9 Å². The first-order valence-corrected chi connectivity index (χ1v) is 28.7. The van der Waals surface area contributed by atoms with E-state index in [1.54, 1.807) is 0 Å². The van der Waals surface area contributed by atoms with Crippen molar-refractivity contribution in [2.45, 2.75) is 0 Å². The summed E-state index contributed by atoms with van der Waals surface area (Å²) in [6, 6.07) is 98.3. The van der Waals surface area contributed by atoms with Crippen LogP contribution in [0, 0.1) is 0 Å². The molecule has 402 valence electrons. The van der Waals surface area contributed by atoms with Crippen molar-refractivity contribution in [2.24, 2.45) is 0 Å². The van der Waals surface area contributed by atoms with Gasteiger partial charge in [-0.15, -0.1) is 0 Å². The van der Waals surface area contributed by atoms with Crippen molar-refractivity contribution in [2.75, 3.05) is 0 Å². The Morgan fingerprint density at radius 3 is 1.20 bits per heavy atom. The Hall–Kier alpha value is -11.9. The minimum absolute atomic E-state index is 0.569. The van der Waals surface area contributed by atoms with Crippen molar-refractivity contribution in [3.05, 3.63) is 285 Å². The van der Waals surface area contributed by atoms with E-state index in [2.05, 4.69) is 177 Å². The SMILES string of the molecule is c1ccc(-c2nc(-c3ccccc3)nc(-n3c4cc5ccccc5cc4c4cc5c(cc43)c3ccccc3n5-c3ccccc3)n2)cc1.c1ccc(-c2nc(-c3ccccc3)nc(-n3c4ccccc4c4c5oc6ccccc6c5ccc43)n2)cc1. The Morgan fingerprint density at radius 2 is 0.640 bits per heavy atom. The van der Waals surface area contributed by atoms with Crippen molar-refractivity contribution in [1.29, 1.82) is 0 Å². The van der Waals surface area contributed by atoms with Gasteiger partial charge in [0.05, 0.1) is 38.5 Å². The summed E-state index contributed by atoms with van der Waals surface area (Å²) in [5.41, 5.74) is 13.1. The Morgan fingerprint density at radius 1 is 0.244 bits per heavy atom. The summed E-state index contributed by atoms with van der Waals surface area (Å²) in [4.78, 5) is 30.2. The van der Waals surface area contributed by atoms with Crippen LogP contribution >= 0.6 is 0 Å². The molecule has 10 nitrogen and oxygen atoms in total. The first kappa shape index (κ1) is 48.8. The van der Waals surface area contributed by atoms with Crippen LogP contribution in [0.25, 0.3) is 161 Å². The summed E-state index contributed by atoms with van der Waals surface area (Å²) in [7, 11) is 0. The largest absolute Gasteiger partial charge is 0.455 e. The van der Waals surface area contributed by atoms with E-state index in [1.165, 1.54) is 27.1 Å². The fourth-order valence-electron chi connectivity index (χ4n) is 12.5. The average Bonchev–Trinajstić information content (AvgIpc) is 1.99. The van der Waals surface area contributed by atoms with E-state index in [0.29, 0.717) is 35.2 Å². The van der Waals surface area contributed by atoms with Crippen LogP contribution in [0.2, 0.25) is 0 Å². The van der Waals surface area contributed by atoms with Crippen LogP contribution in [0.4, 0.5) is 0 Å². The van der Waals surface area contributed by atoms with Gasteiger partial charge in [0.1, 0.15) is 11.2 Å². The molecule has 18 rings (SSSR count). The molecule has 0 amide bonds. The molecule has 12 aromatic carbocycles. The molecule has 6 aromatic heterocycles. The van der Waals surface area contributed by atoms with Crippen molar-refractivity contribution in [3.8, 4) is 63.1 Å². The lowest BCUT2D eigenvalue weighted by Gasteiger charge is -2.11. The fourth-order valence-corrected chi connectivity index (χ4v) is 12.5. The van der Waals surface area contributed by atoms with E-state index in [-0.39, 0.29) is 0 Å². The summed E-state index contributed by atoms with van der Waals surface area (Å²) in [6.45, 7) is 0. The van der Waals surface area contributed by atoms with E-state index in [1.807, 2.05) is 121 Å². The molecule has 0 N–H and O–H groups in total. The molecule has 6 heterocycles. The number of hydrogen-bond acceptors (Lipinski definition) is 7. The van der Waals surface area contributed by atoms with E-state index >= 15 is 0 Å². The van der Waals surface area contributed by atoms with E-state index in [9.17, 15) is 0 Å². The third-order valence-corrected chi connectivity index (χ3v) is 16.4. The highest BCUT2D eigenvalue weighted by molar-refractivity contribution is 6.24. The molecule has 0 bridgehead atoms. The lowest BCUT2D eigenvalue weighted by Crippen LogP contribution is -2.06. The van der Waals surface area contributed by atoms with Gasteiger partial charge >= 0.3 is 0 Å². The third kappa shape index (κ3) is 8.03. The normalized spacial score (nSPS) is 11.7. The molecule has 0 aliphatic rings. The maximum Gasteiger partial charge on any atom is 0.238 e. The Bertz CT molecular complexity index is 5530. The molecule has 0 atom stereocenters. The summed E-state index contributed by atoms with van der Waals surface area (Å²) >= 11 is 0. The highest BCUT2D eigenvalue weighted by Crippen LogP contribution is 2.43. The standard InChI is InChI=1S/C43H27N5.C33H20N4O/c1-4-14-28(15-5-1)41-44-42(29-16-6-2-7-17-29)46-43(45-41)48-38-25-31-19-11-10-18-30(31)24-34(38)36-27-39-35(26-40(36)48)33-22-12-13-23-37(33)47(39)32-20-8-3-9-21-32;1-3-11-21(12-4-1)31-34-32(22-13-5-2-6-14-22)36-33(35-31)37-26-17-9-7-16-25(26)29-27(37)20-19-24-23-15-8-10-18-28(23)38-30(24)29/h1-27H;1-20H. The fraction of sp³-hybridized carbons (Fsp3) is 0. The van der Waals surface area contributed by atoms with Gasteiger partial charge in [-0.1, -0.05) is 218 Å². The van der Waals surface area contributed by atoms with Crippen molar-refractivity contribution in [1.82, 2.24) is 43.6 Å². The zero-order chi connectivity index (χ0) is 56.7. The molecular weight excluding hydrogens is 1050 g/mol. The van der Waals surface area contributed by atoms with E-state index in [0.717, 1.165) is 99.0 Å². The first-order valence-electron chi connectivity index (χ1n) is 28.7. The second kappa shape index (κ2) is 19.9. The summed E-state index contributed by atoms with van der Waals surface area (Å²) in [6.07, 6.45) is 0. The quantitative estimate of drug-likeness (QED) is 0.156. The number of para-hydroxylation sites is 4. The topological polar surface area (TPSA) is 105 Å². The molecule has 0 aliphatic heterocycles. The molecule has 0 aliphatic carbocycles. The molecule has 0 spiro atoms. The number of hydrogen-bond donors (Lipinski definition) is 0.